The minimum Gasteiger partial charge on any atom is -0.399 e. The van der Waals surface area contributed by atoms with Gasteiger partial charge in [-0.1, -0.05) is 12.1 Å². The van der Waals surface area contributed by atoms with E-state index in [1.54, 1.807) is 30.0 Å². The van der Waals surface area contributed by atoms with Crippen LogP contribution in [0.4, 0.5) is 5.69 Å². The number of carbonyl (C=O) groups is 1. The van der Waals surface area contributed by atoms with Crippen LogP contribution in [0.5, 0.6) is 0 Å². The summed E-state index contributed by atoms with van der Waals surface area (Å²) in [6.45, 7) is 4.76. The largest absolute Gasteiger partial charge is 0.399 e. The summed E-state index contributed by atoms with van der Waals surface area (Å²) in [6.07, 6.45) is 3.28. The Labute approximate surface area is 114 Å². The lowest BCUT2D eigenvalue weighted by atomic mass is 10.1. The summed E-state index contributed by atoms with van der Waals surface area (Å²) in [7, 11) is 0. The molecule has 0 fully saturated rings. The van der Waals surface area contributed by atoms with Gasteiger partial charge in [0, 0.05) is 24.9 Å². The zero-order valence-electron chi connectivity index (χ0n) is 11.3. The summed E-state index contributed by atoms with van der Waals surface area (Å²) in [5, 5.41) is 8.78. The summed E-state index contributed by atoms with van der Waals surface area (Å²) in [5.74, 6) is -0.241. The average molecular weight is 257 g/mol. The number of nitrogens with two attached hydrogens (primary N) is 1. The van der Waals surface area contributed by atoms with Crippen LogP contribution in [0.2, 0.25) is 0 Å². The molecule has 1 atom stereocenters. The normalized spacial score (nSPS) is 12.1. The van der Waals surface area contributed by atoms with Crippen molar-refractivity contribution in [2.75, 3.05) is 18.8 Å². The van der Waals surface area contributed by atoms with Crippen LogP contribution in [-0.2, 0) is 4.79 Å². The van der Waals surface area contributed by atoms with Crippen molar-refractivity contribution in [1.29, 1.82) is 5.26 Å². The van der Waals surface area contributed by atoms with Crippen molar-refractivity contribution in [1.82, 2.24) is 4.90 Å². The highest BCUT2D eigenvalue weighted by atomic mass is 16.2. The number of rotatable bonds is 5. The minimum atomic E-state index is -0.158. The molecular weight excluding hydrogens is 238 g/mol. The molecule has 100 valence electrons. The first-order valence-corrected chi connectivity index (χ1v) is 6.29. The van der Waals surface area contributed by atoms with E-state index in [9.17, 15) is 4.79 Å². The first-order valence-electron chi connectivity index (χ1n) is 6.29. The Morgan fingerprint density at radius 2 is 2.11 bits per heavy atom. The second-order valence-electron chi connectivity index (χ2n) is 4.41. The molecule has 4 nitrogen and oxygen atoms in total. The molecule has 1 amide bonds. The first kappa shape index (κ1) is 14.8. The number of carbonyl (C=O) groups excluding carboxylic acids is 1. The van der Waals surface area contributed by atoms with Crippen LogP contribution in [0.3, 0.4) is 0 Å². The summed E-state index contributed by atoms with van der Waals surface area (Å²) in [5.41, 5.74) is 7.21. The third kappa shape index (κ3) is 4.84. The standard InChI is InChI=1S/C15H19N3O/c1-3-18(11-12(2)10-16)15(19)9-6-13-4-7-14(17)8-5-13/h4-9,12H,3,11,17H2,1-2H3/b9-6+. The third-order valence-electron chi connectivity index (χ3n) is 2.76. The number of hydrogen-bond acceptors (Lipinski definition) is 3. The van der Waals surface area contributed by atoms with Crippen molar-refractivity contribution in [3.8, 4) is 6.07 Å². The maximum atomic E-state index is 12.0. The van der Waals surface area contributed by atoms with Crippen molar-refractivity contribution in [3.05, 3.63) is 35.9 Å². The number of amides is 1. The lowest BCUT2D eigenvalue weighted by molar-refractivity contribution is -0.126. The monoisotopic (exact) mass is 257 g/mol. The minimum absolute atomic E-state index is 0.0820. The summed E-state index contributed by atoms with van der Waals surface area (Å²) < 4.78 is 0. The highest BCUT2D eigenvalue weighted by Gasteiger charge is 2.11. The Bertz CT molecular complexity index is 485. The summed E-state index contributed by atoms with van der Waals surface area (Å²) in [4.78, 5) is 13.6. The van der Waals surface area contributed by atoms with Crippen molar-refractivity contribution in [3.63, 3.8) is 0 Å². The van der Waals surface area contributed by atoms with E-state index in [4.69, 9.17) is 11.0 Å². The van der Waals surface area contributed by atoms with E-state index < -0.39 is 0 Å². The number of nitrogen functional groups attached to an aromatic ring is 1. The van der Waals surface area contributed by atoms with Crippen molar-refractivity contribution in [2.45, 2.75) is 13.8 Å². The van der Waals surface area contributed by atoms with Crippen LogP contribution in [0.15, 0.2) is 30.3 Å². The van der Waals surface area contributed by atoms with Gasteiger partial charge in [0.05, 0.1) is 12.0 Å². The maximum Gasteiger partial charge on any atom is 0.246 e. The molecule has 1 aromatic rings. The molecule has 0 aliphatic carbocycles. The second-order valence-corrected chi connectivity index (χ2v) is 4.41. The van der Waals surface area contributed by atoms with Crippen LogP contribution in [0.1, 0.15) is 19.4 Å². The smallest absolute Gasteiger partial charge is 0.246 e. The van der Waals surface area contributed by atoms with Crippen LogP contribution in [0, 0.1) is 17.2 Å². The van der Waals surface area contributed by atoms with Gasteiger partial charge < -0.3 is 10.6 Å². The molecule has 0 bridgehead atoms. The third-order valence-corrected chi connectivity index (χ3v) is 2.76. The predicted octanol–water partition coefficient (Wildman–Crippen LogP) is 2.29. The van der Waals surface area contributed by atoms with Gasteiger partial charge in [-0.3, -0.25) is 4.79 Å². The van der Waals surface area contributed by atoms with Crippen molar-refractivity contribution >= 4 is 17.7 Å². The first-order chi connectivity index (χ1) is 9.06. The average Bonchev–Trinajstić information content (AvgIpc) is 2.43. The van der Waals surface area contributed by atoms with E-state index in [1.807, 2.05) is 19.1 Å². The lowest BCUT2D eigenvalue weighted by Gasteiger charge is -2.20. The molecule has 0 heterocycles. The number of nitriles is 1. The molecule has 1 rings (SSSR count). The Balaban J connectivity index is 2.66. The molecule has 4 heteroatoms. The highest BCUT2D eigenvalue weighted by Crippen LogP contribution is 2.08. The van der Waals surface area contributed by atoms with Gasteiger partial charge in [-0.25, -0.2) is 0 Å². The van der Waals surface area contributed by atoms with E-state index in [0.29, 0.717) is 18.8 Å². The second kappa shape index (κ2) is 7.22. The van der Waals surface area contributed by atoms with Crippen LogP contribution in [0.25, 0.3) is 6.08 Å². The quantitative estimate of drug-likeness (QED) is 0.650. The molecule has 0 aromatic heterocycles. The topological polar surface area (TPSA) is 70.1 Å². The SMILES string of the molecule is CCN(CC(C)C#N)C(=O)/C=C/c1ccc(N)cc1. The molecule has 2 N–H and O–H groups in total. The van der Waals surface area contributed by atoms with Gasteiger partial charge in [0.25, 0.3) is 0 Å². The number of likely N-dealkylation sites (N-methyl/N-ethyl adjacent to an activating group) is 1. The van der Waals surface area contributed by atoms with E-state index in [0.717, 1.165) is 5.56 Å². The van der Waals surface area contributed by atoms with Gasteiger partial charge in [-0.05, 0) is 37.6 Å². The Hall–Kier alpha value is -2.28. The molecular formula is C15H19N3O. The summed E-state index contributed by atoms with van der Waals surface area (Å²) >= 11 is 0. The van der Waals surface area contributed by atoms with E-state index in [2.05, 4.69) is 6.07 Å². The van der Waals surface area contributed by atoms with E-state index in [1.165, 1.54) is 6.08 Å². The fourth-order valence-corrected chi connectivity index (χ4v) is 1.63. The van der Waals surface area contributed by atoms with Crippen molar-refractivity contribution in [2.24, 2.45) is 5.92 Å². The molecule has 0 spiro atoms. The molecule has 1 unspecified atom stereocenters. The summed E-state index contributed by atoms with van der Waals surface area (Å²) in [6, 6.07) is 9.42. The van der Waals surface area contributed by atoms with Gasteiger partial charge in [0.1, 0.15) is 0 Å². The van der Waals surface area contributed by atoms with Gasteiger partial charge >= 0.3 is 0 Å². The number of hydrogen-bond donors (Lipinski definition) is 1. The zero-order chi connectivity index (χ0) is 14.3. The van der Waals surface area contributed by atoms with Gasteiger partial charge in [0.15, 0.2) is 0 Å². The molecule has 0 saturated carbocycles. The van der Waals surface area contributed by atoms with Gasteiger partial charge in [-0.2, -0.15) is 5.26 Å². The van der Waals surface area contributed by atoms with Crippen LogP contribution in [-0.4, -0.2) is 23.9 Å². The molecule has 1 aromatic carbocycles. The van der Waals surface area contributed by atoms with Gasteiger partial charge in [0.2, 0.25) is 5.91 Å². The lowest BCUT2D eigenvalue weighted by Crippen LogP contribution is -2.32. The number of benzene rings is 1. The van der Waals surface area contributed by atoms with Crippen LogP contribution < -0.4 is 5.73 Å². The van der Waals surface area contributed by atoms with E-state index in [-0.39, 0.29) is 11.8 Å². The van der Waals surface area contributed by atoms with Gasteiger partial charge in [-0.15, -0.1) is 0 Å². The molecule has 19 heavy (non-hydrogen) atoms. The fraction of sp³-hybridized carbons (Fsp3) is 0.333. The highest BCUT2D eigenvalue weighted by molar-refractivity contribution is 5.91. The van der Waals surface area contributed by atoms with Crippen molar-refractivity contribution < 1.29 is 4.79 Å². The fourth-order valence-electron chi connectivity index (χ4n) is 1.63. The Kier molecular flexibility index (Phi) is 5.62. The Morgan fingerprint density at radius 3 is 2.63 bits per heavy atom. The Morgan fingerprint density at radius 1 is 1.47 bits per heavy atom. The van der Waals surface area contributed by atoms with Crippen LogP contribution >= 0.6 is 0 Å². The van der Waals surface area contributed by atoms with E-state index >= 15 is 0 Å². The number of anilines is 1. The molecule has 0 saturated heterocycles. The molecule has 0 aliphatic heterocycles. The predicted molar refractivity (Wildman–Crippen MR) is 76.9 cm³/mol. The number of nitrogens with zero attached hydrogens (tertiary/aromatic N) is 2. The molecule has 0 aliphatic rings. The molecule has 0 radical (unpaired) electrons. The zero-order valence-corrected chi connectivity index (χ0v) is 11.3. The maximum absolute atomic E-state index is 12.0.